The average Bonchev–Trinajstić information content (AvgIpc) is 2.39. The molecule has 0 fully saturated rings. The van der Waals surface area contributed by atoms with Crippen LogP contribution in [-0.2, 0) is 11.2 Å². The fourth-order valence-electron chi connectivity index (χ4n) is 1.97. The summed E-state index contributed by atoms with van der Waals surface area (Å²) in [7, 11) is 0. The van der Waals surface area contributed by atoms with Gasteiger partial charge < -0.3 is 5.11 Å². The van der Waals surface area contributed by atoms with Gasteiger partial charge >= 0.3 is 5.97 Å². The molecule has 104 valence electrons. The Morgan fingerprint density at radius 2 is 1.80 bits per heavy atom. The van der Waals surface area contributed by atoms with E-state index in [0.29, 0.717) is 10.6 Å². The van der Waals surface area contributed by atoms with Crippen LogP contribution in [-0.4, -0.2) is 11.1 Å². The molecule has 0 aliphatic heterocycles. The van der Waals surface area contributed by atoms with E-state index in [4.69, 9.17) is 23.2 Å². The molecule has 5 heteroatoms. The number of benzene rings is 2. The van der Waals surface area contributed by atoms with E-state index < -0.39 is 17.7 Å². The molecule has 2 nitrogen and oxygen atoms in total. The van der Waals surface area contributed by atoms with Gasteiger partial charge in [0.1, 0.15) is 5.82 Å². The Morgan fingerprint density at radius 1 is 1.15 bits per heavy atom. The van der Waals surface area contributed by atoms with Gasteiger partial charge in [0.2, 0.25) is 0 Å². The van der Waals surface area contributed by atoms with Gasteiger partial charge in [-0.2, -0.15) is 0 Å². The molecule has 1 unspecified atom stereocenters. The van der Waals surface area contributed by atoms with Gasteiger partial charge in [-0.05, 0) is 36.2 Å². The summed E-state index contributed by atoms with van der Waals surface area (Å²) in [5, 5.41) is 10.1. The monoisotopic (exact) mass is 312 g/mol. The molecule has 2 aromatic carbocycles. The second-order valence-corrected chi connectivity index (χ2v) is 5.19. The molecule has 0 saturated carbocycles. The lowest BCUT2D eigenvalue weighted by Crippen LogP contribution is -2.15. The zero-order chi connectivity index (χ0) is 14.7. The van der Waals surface area contributed by atoms with Gasteiger partial charge in [-0.25, -0.2) is 4.39 Å². The Bertz CT molecular complexity index is 606. The van der Waals surface area contributed by atoms with Crippen LogP contribution in [0.3, 0.4) is 0 Å². The number of carbonyl (C=O) groups is 1. The lowest BCUT2D eigenvalue weighted by Gasteiger charge is -2.14. The van der Waals surface area contributed by atoms with Crippen LogP contribution in [0.1, 0.15) is 17.0 Å². The number of halogens is 3. The van der Waals surface area contributed by atoms with Crippen LogP contribution < -0.4 is 0 Å². The summed E-state index contributed by atoms with van der Waals surface area (Å²) in [6.45, 7) is 0. The Hall–Kier alpha value is -1.58. The second kappa shape index (κ2) is 6.25. The van der Waals surface area contributed by atoms with Crippen molar-refractivity contribution in [2.75, 3.05) is 0 Å². The van der Waals surface area contributed by atoms with Crippen LogP contribution in [0, 0.1) is 5.82 Å². The summed E-state index contributed by atoms with van der Waals surface area (Å²) in [6.07, 6.45) is -0.0114. The third-order valence-electron chi connectivity index (χ3n) is 3.04. The summed E-state index contributed by atoms with van der Waals surface area (Å²) >= 11 is 11.7. The highest BCUT2D eigenvalue weighted by atomic mass is 35.5. The quantitative estimate of drug-likeness (QED) is 0.899. The second-order valence-electron chi connectivity index (χ2n) is 4.35. The summed E-state index contributed by atoms with van der Waals surface area (Å²) in [5.74, 6) is -2.41. The fraction of sp³-hybridized carbons (Fsp3) is 0.133. The van der Waals surface area contributed by atoms with E-state index in [0.717, 1.165) is 0 Å². The maximum absolute atomic E-state index is 13.8. The standard InChI is InChI=1S/C15H11Cl2FO2/c16-10-6-4-9(5-7-10)11(15(19)20)8-12-13(17)2-1-3-14(12)18/h1-7,11H,8H2,(H,19,20). The summed E-state index contributed by atoms with van der Waals surface area (Å²) in [6, 6.07) is 10.7. The van der Waals surface area contributed by atoms with E-state index >= 15 is 0 Å². The predicted molar refractivity (Wildman–Crippen MR) is 76.9 cm³/mol. The maximum atomic E-state index is 13.8. The van der Waals surface area contributed by atoms with Gasteiger partial charge in [0, 0.05) is 15.6 Å². The Kier molecular flexibility index (Phi) is 4.63. The van der Waals surface area contributed by atoms with Gasteiger partial charge in [-0.1, -0.05) is 41.4 Å². The van der Waals surface area contributed by atoms with Crippen LogP contribution in [0.2, 0.25) is 10.0 Å². The summed E-state index contributed by atoms with van der Waals surface area (Å²) < 4.78 is 13.8. The minimum atomic E-state index is -1.04. The third-order valence-corrected chi connectivity index (χ3v) is 3.65. The van der Waals surface area contributed by atoms with E-state index in [9.17, 15) is 14.3 Å². The van der Waals surface area contributed by atoms with Crippen LogP contribution in [0.4, 0.5) is 4.39 Å². The average molecular weight is 313 g/mol. The number of hydrogen-bond donors (Lipinski definition) is 1. The Morgan fingerprint density at radius 3 is 2.35 bits per heavy atom. The molecule has 0 aromatic heterocycles. The van der Waals surface area contributed by atoms with Crippen molar-refractivity contribution in [3.05, 3.63) is 69.5 Å². The zero-order valence-corrected chi connectivity index (χ0v) is 11.8. The van der Waals surface area contributed by atoms with E-state index in [-0.39, 0.29) is 17.0 Å². The van der Waals surface area contributed by atoms with Gasteiger partial charge in [0.15, 0.2) is 0 Å². The molecule has 2 aromatic rings. The number of hydrogen-bond acceptors (Lipinski definition) is 1. The first-order valence-electron chi connectivity index (χ1n) is 5.90. The predicted octanol–water partition coefficient (Wildman–Crippen LogP) is 4.54. The molecular weight excluding hydrogens is 302 g/mol. The van der Waals surface area contributed by atoms with Gasteiger partial charge in [-0.3, -0.25) is 4.79 Å². The molecule has 0 aliphatic rings. The molecule has 2 rings (SSSR count). The van der Waals surface area contributed by atoms with Crippen molar-refractivity contribution in [1.82, 2.24) is 0 Å². The zero-order valence-electron chi connectivity index (χ0n) is 10.3. The van der Waals surface area contributed by atoms with Crippen LogP contribution in [0.25, 0.3) is 0 Å². The van der Waals surface area contributed by atoms with Crippen LogP contribution in [0.15, 0.2) is 42.5 Å². The fourth-order valence-corrected chi connectivity index (χ4v) is 2.34. The number of rotatable bonds is 4. The van der Waals surface area contributed by atoms with Crippen molar-refractivity contribution in [2.24, 2.45) is 0 Å². The molecule has 0 spiro atoms. The molecular formula is C15H11Cl2FO2. The number of aliphatic carboxylic acids is 1. The normalized spacial score (nSPS) is 12.2. The van der Waals surface area contributed by atoms with Crippen molar-refractivity contribution in [1.29, 1.82) is 0 Å². The van der Waals surface area contributed by atoms with Crippen molar-refractivity contribution in [2.45, 2.75) is 12.3 Å². The Balaban J connectivity index is 2.35. The lowest BCUT2D eigenvalue weighted by molar-refractivity contribution is -0.138. The molecule has 0 amide bonds. The van der Waals surface area contributed by atoms with E-state index in [1.807, 2.05) is 0 Å². The summed E-state index contributed by atoms with van der Waals surface area (Å²) in [4.78, 5) is 11.4. The van der Waals surface area contributed by atoms with Gasteiger partial charge in [0.25, 0.3) is 0 Å². The Labute approximate surface area is 125 Å². The molecule has 0 bridgehead atoms. The van der Waals surface area contributed by atoms with Crippen LogP contribution >= 0.6 is 23.2 Å². The number of carboxylic acid groups (broad SMARTS) is 1. The molecule has 0 heterocycles. The van der Waals surface area contributed by atoms with Crippen molar-refractivity contribution >= 4 is 29.2 Å². The minimum Gasteiger partial charge on any atom is -0.481 e. The SMILES string of the molecule is O=C(O)C(Cc1c(F)cccc1Cl)c1ccc(Cl)cc1. The van der Waals surface area contributed by atoms with Crippen LogP contribution in [0.5, 0.6) is 0 Å². The summed E-state index contributed by atoms with van der Waals surface area (Å²) in [5.41, 5.74) is 0.762. The van der Waals surface area contributed by atoms with E-state index in [1.165, 1.54) is 12.1 Å². The molecule has 1 N–H and O–H groups in total. The number of carboxylic acids is 1. The van der Waals surface area contributed by atoms with E-state index in [1.54, 1.807) is 30.3 Å². The molecule has 20 heavy (non-hydrogen) atoms. The minimum absolute atomic E-state index is 0.0114. The molecule has 0 aliphatic carbocycles. The highest BCUT2D eigenvalue weighted by Gasteiger charge is 2.23. The van der Waals surface area contributed by atoms with Gasteiger partial charge in [-0.15, -0.1) is 0 Å². The van der Waals surface area contributed by atoms with Crippen molar-refractivity contribution < 1.29 is 14.3 Å². The third kappa shape index (κ3) is 3.30. The van der Waals surface area contributed by atoms with Crippen molar-refractivity contribution in [3.63, 3.8) is 0 Å². The highest BCUT2D eigenvalue weighted by Crippen LogP contribution is 2.28. The largest absolute Gasteiger partial charge is 0.481 e. The lowest BCUT2D eigenvalue weighted by atomic mass is 9.92. The molecule has 0 saturated heterocycles. The maximum Gasteiger partial charge on any atom is 0.311 e. The molecule has 1 atom stereocenters. The first-order valence-corrected chi connectivity index (χ1v) is 6.66. The first kappa shape index (κ1) is 14.8. The molecule has 0 radical (unpaired) electrons. The first-order chi connectivity index (χ1) is 9.49. The van der Waals surface area contributed by atoms with Crippen molar-refractivity contribution in [3.8, 4) is 0 Å². The smallest absolute Gasteiger partial charge is 0.311 e. The topological polar surface area (TPSA) is 37.3 Å². The van der Waals surface area contributed by atoms with E-state index in [2.05, 4.69) is 0 Å². The van der Waals surface area contributed by atoms with Gasteiger partial charge in [0.05, 0.1) is 5.92 Å². The highest BCUT2D eigenvalue weighted by molar-refractivity contribution is 6.31.